The highest BCUT2D eigenvalue weighted by atomic mass is 19.4. The van der Waals surface area contributed by atoms with E-state index in [4.69, 9.17) is 5.73 Å². The number of rotatable bonds is 3. The Bertz CT molecular complexity index is 413. The molecular weight excluding hydrogens is 241 g/mol. The van der Waals surface area contributed by atoms with Crippen molar-refractivity contribution in [3.05, 3.63) is 23.8 Å². The minimum absolute atomic E-state index is 0.00900. The van der Waals surface area contributed by atoms with Crippen molar-refractivity contribution < 1.29 is 13.2 Å². The van der Waals surface area contributed by atoms with Gasteiger partial charge in [-0.2, -0.15) is 13.2 Å². The summed E-state index contributed by atoms with van der Waals surface area (Å²) in [7, 11) is 1.67. The maximum absolute atomic E-state index is 13.0. The van der Waals surface area contributed by atoms with Crippen molar-refractivity contribution in [1.82, 2.24) is 0 Å². The molecule has 0 radical (unpaired) electrons. The number of hydrogen-bond donors (Lipinski definition) is 1. The molecule has 0 aliphatic rings. The highest BCUT2D eigenvalue weighted by Crippen LogP contribution is 2.38. The zero-order valence-corrected chi connectivity index (χ0v) is 11.0. The molecule has 0 saturated carbocycles. The summed E-state index contributed by atoms with van der Waals surface area (Å²) < 4.78 is 38.9. The van der Waals surface area contributed by atoms with Gasteiger partial charge in [0.15, 0.2) is 0 Å². The third-order valence-corrected chi connectivity index (χ3v) is 3.28. The lowest BCUT2D eigenvalue weighted by Crippen LogP contribution is -2.34. The molecule has 0 spiro atoms. The van der Waals surface area contributed by atoms with Gasteiger partial charge >= 0.3 is 6.18 Å². The van der Waals surface area contributed by atoms with Gasteiger partial charge in [-0.15, -0.1) is 0 Å². The summed E-state index contributed by atoms with van der Waals surface area (Å²) in [6.07, 6.45) is -4.39. The number of halogens is 3. The van der Waals surface area contributed by atoms with E-state index in [1.165, 1.54) is 12.1 Å². The van der Waals surface area contributed by atoms with Crippen molar-refractivity contribution in [1.29, 1.82) is 0 Å². The Morgan fingerprint density at radius 2 is 1.72 bits per heavy atom. The van der Waals surface area contributed by atoms with Gasteiger partial charge in [-0.05, 0) is 31.0 Å². The Kier molecular flexibility index (Phi) is 4.14. The van der Waals surface area contributed by atoms with Crippen LogP contribution in [0.5, 0.6) is 0 Å². The molecule has 102 valence electrons. The van der Waals surface area contributed by atoms with Crippen LogP contribution in [-0.2, 0) is 6.18 Å². The number of benzene rings is 1. The minimum atomic E-state index is -4.39. The summed E-state index contributed by atoms with van der Waals surface area (Å²) in [6.45, 7) is 5.86. The van der Waals surface area contributed by atoms with E-state index in [0.717, 1.165) is 6.07 Å². The van der Waals surface area contributed by atoms with E-state index < -0.39 is 11.7 Å². The van der Waals surface area contributed by atoms with Crippen LogP contribution in [0.4, 0.5) is 24.5 Å². The van der Waals surface area contributed by atoms with E-state index in [0.29, 0.717) is 0 Å². The first-order valence-corrected chi connectivity index (χ1v) is 5.84. The average molecular weight is 260 g/mol. The summed E-state index contributed by atoms with van der Waals surface area (Å²) >= 11 is 0. The topological polar surface area (TPSA) is 29.3 Å². The quantitative estimate of drug-likeness (QED) is 0.838. The van der Waals surface area contributed by atoms with Gasteiger partial charge in [0.2, 0.25) is 0 Å². The van der Waals surface area contributed by atoms with E-state index in [9.17, 15) is 13.2 Å². The second-order valence-corrected chi connectivity index (χ2v) is 4.87. The van der Waals surface area contributed by atoms with Crippen molar-refractivity contribution >= 4 is 11.4 Å². The molecule has 0 fully saturated rings. The molecule has 1 unspecified atom stereocenters. The normalized spacial score (nSPS) is 13.8. The van der Waals surface area contributed by atoms with Crippen LogP contribution in [0.2, 0.25) is 0 Å². The fraction of sp³-hybridized carbons (Fsp3) is 0.538. The monoisotopic (exact) mass is 260 g/mol. The first kappa shape index (κ1) is 14.7. The van der Waals surface area contributed by atoms with Gasteiger partial charge in [-0.3, -0.25) is 0 Å². The van der Waals surface area contributed by atoms with Crippen molar-refractivity contribution in [3.63, 3.8) is 0 Å². The van der Waals surface area contributed by atoms with Gasteiger partial charge in [0, 0.05) is 24.5 Å². The SMILES string of the molecule is CC(C)C(C)N(C)c1ccc(N)cc1C(F)(F)F. The smallest absolute Gasteiger partial charge is 0.399 e. The Morgan fingerprint density at radius 1 is 1.17 bits per heavy atom. The van der Waals surface area contributed by atoms with Gasteiger partial charge in [0.25, 0.3) is 0 Å². The van der Waals surface area contributed by atoms with Crippen LogP contribution in [0.1, 0.15) is 26.3 Å². The first-order valence-electron chi connectivity index (χ1n) is 5.84. The Labute approximate surface area is 106 Å². The third kappa shape index (κ3) is 3.09. The molecule has 5 heteroatoms. The molecule has 1 rings (SSSR count). The zero-order valence-electron chi connectivity index (χ0n) is 11.0. The highest BCUT2D eigenvalue weighted by Gasteiger charge is 2.35. The van der Waals surface area contributed by atoms with Crippen LogP contribution < -0.4 is 10.6 Å². The molecule has 0 heterocycles. The Hall–Kier alpha value is -1.39. The maximum Gasteiger partial charge on any atom is 0.418 e. The number of nitrogens with two attached hydrogens (primary N) is 1. The molecule has 1 aromatic rings. The molecule has 0 aliphatic heterocycles. The number of nitrogens with zero attached hydrogens (tertiary/aromatic N) is 1. The number of anilines is 2. The molecule has 1 atom stereocenters. The summed E-state index contributed by atoms with van der Waals surface area (Å²) in [5.74, 6) is 0.258. The fourth-order valence-electron chi connectivity index (χ4n) is 1.75. The van der Waals surface area contributed by atoms with Gasteiger partial charge < -0.3 is 10.6 Å². The predicted octanol–water partition coefficient (Wildman–Crippen LogP) is 3.77. The van der Waals surface area contributed by atoms with Crippen molar-refractivity contribution in [2.45, 2.75) is 33.0 Å². The highest BCUT2D eigenvalue weighted by molar-refractivity contribution is 5.61. The summed E-state index contributed by atoms with van der Waals surface area (Å²) in [6, 6.07) is 3.92. The van der Waals surface area contributed by atoms with Crippen molar-refractivity contribution in [3.8, 4) is 0 Å². The minimum Gasteiger partial charge on any atom is -0.399 e. The average Bonchev–Trinajstić information content (AvgIpc) is 2.25. The molecule has 2 nitrogen and oxygen atoms in total. The van der Waals surface area contributed by atoms with E-state index in [1.807, 2.05) is 20.8 Å². The first-order chi connectivity index (χ1) is 8.14. The second-order valence-electron chi connectivity index (χ2n) is 4.87. The molecule has 0 aliphatic carbocycles. The molecule has 18 heavy (non-hydrogen) atoms. The second kappa shape index (κ2) is 5.08. The number of hydrogen-bond acceptors (Lipinski definition) is 2. The van der Waals surface area contributed by atoms with E-state index in [1.54, 1.807) is 11.9 Å². The van der Waals surface area contributed by atoms with E-state index >= 15 is 0 Å². The van der Waals surface area contributed by atoms with Crippen molar-refractivity contribution in [2.24, 2.45) is 5.92 Å². The number of alkyl halides is 3. The van der Waals surface area contributed by atoms with Gasteiger partial charge in [0.05, 0.1) is 5.56 Å². The third-order valence-electron chi connectivity index (χ3n) is 3.28. The van der Waals surface area contributed by atoms with Crippen LogP contribution in [0, 0.1) is 5.92 Å². The van der Waals surface area contributed by atoms with Crippen LogP contribution in [0.15, 0.2) is 18.2 Å². The van der Waals surface area contributed by atoms with Gasteiger partial charge in [-0.25, -0.2) is 0 Å². The lowest BCUT2D eigenvalue weighted by atomic mass is 10.0. The molecule has 0 aromatic heterocycles. The molecule has 0 bridgehead atoms. The summed E-state index contributed by atoms with van der Waals surface area (Å²) in [5, 5.41) is 0. The fourth-order valence-corrected chi connectivity index (χ4v) is 1.75. The largest absolute Gasteiger partial charge is 0.418 e. The zero-order chi connectivity index (χ0) is 14.1. The molecule has 0 amide bonds. The van der Waals surface area contributed by atoms with Crippen LogP contribution in [0.3, 0.4) is 0 Å². The van der Waals surface area contributed by atoms with Gasteiger partial charge in [-0.1, -0.05) is 13.8 Å². The lowest BCUT2D eigenvalue weighted by molar-refractivity contribution is -0.137. The molecule has 1 aromatic carbocycles. The van der Waals surface area contributed by atoms with Gasteiger partial charge in [0.1, 0.15) is 0 Å². The predicted molar refractivity (Wildman–Crippen MR) is 68.6 cm³/mol. The summed E-state index contributed by atoms with van der Waals surface area (Å²) in [4.78, 5) is 1.65. The molecule has 0 saturated heterocycles. The standard InChI is InChI=1S/C13H19F3N2/c1-8(2)9(3)18(4)12-6-5-10(17)7-11(12)13(14,15)16/h5-9H,17H2,1-4H3. The Morgan fingerprint density at radius 3 is 2.17 bits per heavy atom. The van der Waals surface area contributed by atoms with Crippen LogP contribution >= 0.6 is 0 Å². The maximum atomic E-state index is 13.0. The van der Waals surface area contributed by atoms with Crippen LogP contribution in [0.25, 0.3) is 0 Å². The molecular formula is C13H19F3N2. The number of nitrogen functional groups attached to an aromatic ring is 1. The van der Waals surface area contributed by atoms with E-state index in [-0.39, 0.29) is 23.3 Å². The van der Waals surface area contributed by atoms with Crippen molar-refractivity contribution in [2.75, 3.05) is 17.7 Å². The Balaban J connectivity index is 3.24. The van der Waals surface area contributed by atoms with Crippen LogP contribution in [-0.4, -0.2) is 13.1 Å². The van der Waals surface area contributed by atoms with E-state index in [2.05, 4.69) is 0 Å². The molecule has 2 N–H and O–H groups in total. The lowest BCUT2D eigenvalue weighted by Gasteiger charge is -2.32. The summed E-state index contributed by atoms with van der Waals surface area (Å²) in [5.41, 5.74) is 5.05.